The van der Waals surface area contributed by atoms with Crippen LogP contribution in [0.15, 0.2) is 60.7 Å². The second-order valence-electron chi connectivity index (χ2n) is 11.7. The molecule has 2 aromatic rings. The van der Waals surface area contributed by atoms with Crippen LogP contribution in [0.25, 0.3) is 0 Å². The van der Waals surface area contributed by atoms with E-state index in [1.165, 1.54) is 55.3 Å². The van der Waals surface area contributed by atoms with Crippen molar-refractivity contribution in [2.45, 2.75) is 96.1 Å². The topological polar surface area (TPSA) is 35.5 Å². The fourth-order valence-electron chi connectivity index (χ4n) is 6.52. The molecule has 2 aromatic carbocycles. The second-order valence-corrected chi connectivity index (χ2v) is 16.0. The van der Waals surface area contributed by atoms with E-state index < -0.39 is 8.32 Å². The molecule has 1 aliphatic carbocycles. The van der Waals surface area contributed by atoms with Crippen molar-refractivity contribution in [1.29, 1.82) is 0 Å². The van der Waals surface area contributed by atoms with Crippen molar-refractivity contribution in [1.82, 2.24) is 0 Å². The molecule has 0 unspecified atom stereocenters. The van der Waals surface area contributed by atoms with E-state index in [9.17, 15) is 4.79 Å². The number of carbonyl (C=O) groups excluding carboxylic acids is 1. The summed E-state index contributed by atoms with van der Waals surface area (Å²) in [5.41, 5.74) is 0. The zero-order valence-electron chi connectivity index (χ0n) is 22.0. The van der Waals surface area contributed by atoms with Crippen molar-refractivity contribution < 1.29 is 14.0 Å². The first-order valence-corrected chi connectivity index (χ1v) is 15.8. The maximum Gasteiger partial charge on any atom is 0.306 e. The summed E-state index contributed by atoms with van der Waals surface area (Å²) < 4.78 is 12.5. The Hall–Kier alpha value is -1.91. The normalized spacial score (nSPS) is 22.3. The Morgan fingerprint density at radius 1 is 0.829 bits per heavy atom. The largest absolute Gasteiger partial charge is 0.462 e. The van der Waals surface area contributed by atoms with E-state index >= 15 is 0 Å². The van der Waals surface area contributed by atoms with Gasteiger partial charge in [-0.2, -0.15) is 0 Å². The monoisotopic (exact) mass is 492 g/mol. The zero-order chi connectivity index (χ0) is 24.7. The minimum atomic E-state index is -2.40. The van der Waals surface area contributed by atoms with Crippen LogP contribution in [0.1, 0.15) is 85.0 Å². The lowest BCUT2D eigenvalue weighted by molar-refractivity contribution is -0.141. The molecule has 1 saturated carbocycles. The van der Waals surface area contributed by atoms with Crippen LogP contribution in [0.4, 0.5) is 0 Å². The Morgan fingerprint density at radius 3 is 2.00 bits per heavy atom. The zero-order valence-corrected chi connectivity index (χ0v) is 23.0. The van der Waals surface area contributed by atoms with Gasteiger partial charge in [-0.3, -0.25) is 4.79 Å². The van der Waals surface area contributed by atoms with Gasteiger partial charge in [-0.25, -0.2) is 0 Å². The number of fused-ring (bicyclic) bond motifs is 1. The van der Waals surface area contributed by atoms with Gasteiger partial charge in [0.15, 0.2) is 0 Å². The molecule has 4 rings (SSSR count). The Bertz CT molecular complexity index is 882. The quantitative estimate of drug-likeness (QED) is 0.189. The average Bonchev–Trinajstić information content (AvgIpc) is 3.40. The number of unbranched alkanes of at least 4 members (excludes halogenated alkanes) is 5. The average molecular weight is 493 g/mol. The van der Waals surface area contributed by atoms with E-state index in [0.29, 0.717) is 18.3 Å². The van der Waals surface area contributed by atoms with Gasteiger partial charge in [0, 0.05) is 12.5 Å². The number of benzene rings is 2. The highest BCUT2D eigenvalue weighted by Crippen LogP contribution is 2.43. The van der Waals surface area contributed by atoms with Crippen LogP contribution in [-0.4, -0.2) is 27.0 Å². The molecule has 0 radical (unpaired) electrons. The van der Waals surface area contributed by atoms with E-state index in [2.05, 4.69) is 81.4 Å². The molecule has 35 heavy (non-hydrogen) atoms. The molecule has 0 N–H and O–H groups in total. The first-order chi connectivity index (χ1) is 16.9. The minimum Gasteiger partial charge on any atom is -0.462 e. The van der Waals surface area contributed by atoms with Gasteiger partial charge in [0.05, 0.1) is 6.42 Å². The predicted octanol–water partition coefficient (Wildman–Crippen LogP) is 6.64. The molecule has 1 heterocycles. The van der Waals surface area contributed by atoms with Crippen molar-refractivity contribution in [3.63, 3.8) is 0 Å². The Kier molecular flexibility index (Phi) is 8.88. The lowest BCUT2D eigenvalue weighted by Gasteiger charge is -2.43. The van der Waals surface area contributed by atoms with Gasteiger partial charge in [-0.05, 0) is 40.6 Å². The van der Waals surface area contributed by atoms with Crippen LogP contribution in [-0.2, 0) is 14.0 Å². The molecule has 2 aliphatic rings. The number of rotatable bonds is 12. The second kappa shape index (κ2) is 11.9. The van der Waals surface area contributed by atoms with Crippen molar-refractivity contribution >= 4 is 24.7 Å². The summed E-state index contributed by atoms with van der Waals surface area (Å²) in [6.45, 7) is 7.87. The third kappa shape index (κ3) is 6.09. The standard InChI is InChI=1S/C31H44O3Si/c1-31(2,3)35(26-17-11-8-12-18-26,27-19-13-9-14-20-27)33-23-15-7-5-4-6-10-16-25-21-22-29-28(25)24-30(32)34-29/h8-9,11-14,17-20,25,28-29H,4-7,10,15-16,21-24H2,1-3H3/t25-,28-,29+/m0/s1. The Morgan fingerprint density at radius 2 is 1.40 bits per heavy atom. The number of carbonyl (C=O) groups is 1. The fourth-order valence-corrected chi connectivity index (χ4v) is 11.1. The Balaban J connectivity index is 1.22. The molecule has 3 atom stereocenters. The van der Waals surface area contributed by atoms with E-state index in [-0.39, 0.29) is 17.1 Å². The van der Waals surface area contributed by atoms with E-state index in [1.54, 1.807) is 0 Å². The van der Waals surface area contributed by atoms with Crippen LogP contribution in [0.3, 0.4) is 0 Å². The molecular formula is C31H44O3Si. The first kappa shape index (κ1) is 26.2. The van der Waals surface area contributed by atoms with Gasteiger partial charge < -0.3 is 9.16 Å². The van der Waals surface area contributed by atoms with Crippen molar-refractivity contribution in [3.8, 4) is 0 Å². The lowest BCUT2D eigenvalue weighted by atomic mass is 9.88. The lowest BCUT2D eigenvalue weighted by Crippen LogP contribution is -2.66. The molecular weight excluding hydrogens is 448 g/mol. The smallest absolute Gasteiger partial charge is 0.306 e. The summed E-state index contributed by atoms with van der Waals surface area (Å²) in [4.78, 5) is 11.6. The van der Waals surface area contributed by atoms with Crippen molar-refractivity contribution in [2.75, 3.05) is 6.61 Å². The molecule has 2 fully saturated rings. The van der Waals surface area contributed by atoms with Crippen LogP contribution < -0.4 is 10.4 Å². The molecule has 0 amide bonds. The summed E-state index contributed by atoms with van der Waals surface area (Å²) >= 11 is 0. The van der Waals surface area contributed by atoms with Crippen LogP contribution in [0.2, 0.25) is 5.04 Å². The number of hydrogen-bond acceptors (Lipinski definition) is 3. The van der Waals surface area contributed by atoms with Crippen molar-refractivity contribution in [2.24, 2.45) is 11.8 Å². The van der Waals surface area contributed by atoms with Crippen LogP contribution >= 0.6 is 0 Å². The first-order valence-electron chi connectivity index (χ1n) is 13.9. The van der Waals surface area contributed by atoms with Gasteiger partial charge in [-0.1, -0.05) is 120 Å². The minimum absolute atomic E-state index is 0.0324. The highest BCUT2D eigenvalue weighted by atomic mass is 28.4. The number of esters is 1. The summed E-state index contributed by atoms with van der Waals surface area (Å²) in [5.74, 6) is 1.26. The molecule has 1 saturated heterocycles. The SMILES string of the molecule is CC(C)(C)[Si](OCCCCCCCC[C@H]1CC[C@H]2OC(=O)C[C@@H]12)(c1ccccc1)c1ccccc1. The predicted molar refractivity (Wildman–Crippen MR) is 147 cm³/mol. The third-order valence-corrected chi connectivity index (χ3v) is 13.3. The maximum atomic E-state index is 11.6. The Labute approximate surface area is 213 Å². The molecule has 1 aliphatic heterocycles. The molecule has 4 heteroatoms. The number of hydrogen-bond donors (Lipinski definition) is 0. The summed E-state index contributed by atoms with van der Waals surface area (Å²) in [6, 6.07) is 21.9. The molecule has 190 valence electrons. The highest BCUT2D eigenvalue weighted by Gasteiger charge is 2.50. The van der Waals surface area contributed by atoms with Crippen LogP contribution in [0.5, 0.6) is 0 Å². The maximum absolute atomic E-state index is 11.6. The van der Waals surface area contributed by atoms with Crippen molar-refractivity contribution in [3.05, 3.63) is 60.7 Å². The van der Waals surface area contributed by atoms with Gasteiger partial charge in [0.1, 0.15) is 6.10 Å². The molecule has 0 aromatic heterocycles. The van der Waals surface area contributed by atoms with E-state index in [1.807, 2.05) is 0 Å². The fraction of sp³-hybridized carbons (Fsp3) is 0.581. The molecule has 0 bridgehead atoms. The molecule has 0 spiro atoms. The summed E-state index contributed by atoms with van der Waals surface area (Å²) in [5, 5.41) is 2.77. The van der Waals surface area contributed by atoms with Gasteiger partial charge in [0.25, 0.3) is 8.32 Å². The summed E-state index contributed by atoms with van der Waals surface area (Å²) in [6.07, 6.45) is 12.1. The van der Waals surface area contributed by atoms with Gasteiger partial charge in [0.2, 0.25) is 0 Å². The molecule has 3 nitrogen and oxygen atoms in total. The van der Waals surface area contributed by atoms with E-state index in [4.69, 9.17) is 9.16 Å². The van der Waals surface area contributed by atoms with E-state index in [0.717, 1.165) is 19.4 Å². The summed E-state index contributed by atoms with van der Waals surface area (Å²) in [7, 11) is -2.40. The van der Waals surface area contributed by atoms with Gasteiger partial charge >= 0.3 is 5.97 Å². The van der Waals surface area contributed by atoms with Gasteiger partial charge in [-0.15, -0.1) is 0 Å². The highest BCUT2D eigenvalue weighted by molar-refractivity contribution is 6.99. The van der Waals surface area contributed by atoms with Crippen LogP contribution in [0, 0.1) is 11.8 Å². The number of ether oxygens (including phenoxy) is 1. The third-order valence-electron chi connectivity index (χ3n) is 8.29.